The quantitative estimate of drug-likeness (QED) is 0.562. The van der Waals surface area contributed by atoms with E-state index < -0.39 is 0 Å². The van der Waals surface area contributed by atoms with Gasteiger partial charge in [0.25, 0.3) is 5.91 Å². The predicted octanol–water partition coefficient (Wildman–Crippen LogP) is 1.03. The van der Waals surface area contributed by atoms with E-state index in [1.165, 1.54) is 6.20 Å². The lowest BCUT2D eigenvalue weighted by molar-refractivity contribution is 0.102. The van der Waals surface area contributed by atoms with Crippen LogP contribution in [-0.4, -0.2) is 20.5 Å². The van der Waals surface area contributed by atoms with Gasteiger partial charge in [0.05, 0.1) is 6.20 Å². The Labute approximate surface area is 108 Å². The van der Waals surface area contributed by atoms with Gasteiger partial charge < -0.3 is 10.7 Å². The lowest BCUT2D eigenvalue weighted by atomic mass is 10.2. The second-order valence-electron chi connectivity index (χ2n) is 3.47. The maximum atomic E-state index is 12.0. The number of hydrogen-bond donors (Lipinski definition) is 3. The number of nitrogens with two attached hydrogens (primary N) is 1. The van der Waals surface area contributed by atoms with Crippen molar-refractivity contribution in [2.24, 2.45) is 5.84 Å². The van der Waals surface area contributed by atoms with Gasteiger partial charge in [0.2, 0.25) is 0 Å². The summed E-state index contributed by atoms with van der Waals surface area (Å²) in [5.74, 6) is 5.54. The topological polar surface area (TPSA) is 106 Å². The molecular formula is C10H12N6OS. The summed E-state index contributed by atoms with van der Waals surface area (Å²) < 4.78 is 3.67. The summed E-state index contributed by atoms with van der Waals surface area (Å²) in [5.41, 5.74) is 3.72. The number of anilines is 2. The molecule has 1 amide bonds. The third-order valence-corrected chi connectivity index (χ3v) is 2.83. The van der Waals surface area contributed by atoms with Crippen molar-refractivity contribution in [2.75, 3.05) is 10.7 Å². The fourth-order valence-electron chi connectivity index (χ4n) is 1.38. The molecule has 0 aliphatic rings. The van der Waals surface area contributed by atoms with Crippen LogP contribution in [0.1, 0.15) is 23.0 Å². The first-order valence-corrected chi connectivity index (χ1v) is 6.06. The van der Waals surface area contributed by atoms with Crippen LogP contribution in [0, 0.1) is 0 Å². The Morgan fingerprint density at radius 1 is 1.50 bits per heavy atom. The highest BCUT2D eigenvalue weighted by Gasteiger charge is 2.10. The van der Waals surface area contributed by atoms with Gasteiger partial charge >= 0.3 is 0 Å². The Morgan fingerprint density at radius 2 is 2.33 bits per heavy atom. The molecule has 2 aromatic rings. The fraction of sp³-hybridized carbons (Fsp3) is 0.200. The second kappa shape index (κ2) is 5.52. The standard InChI is InChI=1S/C10H12N6OS/c1-2-7-3-6(4-8(13-7)15-11)10(17)14-9-5-12-16-18-9/h3-5H,2,11H2,1H3,(H,13,15)(H,14,17). The summed E-state index contributed by atoms with van der Waals surface area (Å²) in [6.45, 7) is 1.96. The van der Waals surface area contributed by atoms with E-state index in [2.05, 4.69) is 25.3 Å². The van der Waals surface area contributed by atoms with Gasteiger partial charge in [0, 0.05) is 22.8 Å². The molecule has 4 N–H and O–H groups in total. The van der Waals surface area contributed by atoms with Crippen LogP contribution in [0.5, 0.6) is 0 Å². The van der Waals surface area contributed by atoms with Crippen LogP contribution in [0.2, 0.25) is 0 Å². The molecule has 0 aliphatic carbocycles. The minimum atomic E-state index is -0.241. The van der Waals surface area contributed by atoms with Crippen LogP contribution in [0.4, 0.5) is 10.8 Å². The summed E-state index contributed by atoms with van der Waals surface area (Å²) in [6, 6.07) is 3.31. The molecule has 2 rings (SSSR count). The largest absolute Gasteiger partial charge is 0.311 e. The SMILES string of the molecule is CCc1cc(C(=O)Nc2cnns2)cc(NN)n1. The van der Waals surface area contributed by atoms with Gasteiger partial charge in [0.15, 0.2) is 0 Å². The van der Waals surface area contributed by atoms with E-state index in [0.29, 0.717) is 16.4 Å². The fourth-order valence-corrected chi connectivity index (χ4v) is 1.80. The number of carbonyl (C=O) groups excluding carboxylic acids is 1. The van der Waals surface area contributed by atoms with Crippen LogP contribution in [-0.2, 0) is 6.42 Å². The number of hydrazine groups is 1. The highest BCUT2D eigenvalue weighted by atomic mass is 32.1. The molecule has 0 radical (unpaired) electrons. The van der Waals surface area contributed by atoms with Gasteiger partial charge in [-0.15, -0.1) is 5.10 Å². The van der Waals surface area contributed by atoms with Gasteiger partial charge in [-0.1, -0.05) is 11.4 Å². The van der Waals surface area contributed by atoms with Crippen molar-refractivity contribution in [3.63, 3.8) is 0 Å². The smallest absolute Gasteiger partial charge is 0.256 e. The van der Waals surface area contributed by atoms with Gasteiger partial charge in [-0.3, -0.25) is 4.79 Å². The number of amides is 1. The molecule has 0 fully saturated rings. The molecule has 7 nitrogen and oxygen atoms in total. The zero-order valence-electron chi connectivity index (χ0n) is 9.67. The van der Waals surface area contributed by atoms with E-state index in [1.54, 1.807) is 12.1 Å². The normalized spacial score (nSPS) is 10.1. The van der Waals surface area contributed by atoms with E-state index in [0.717, 1.165) is 23.6 Å². The number of hydrogen-bond acceptors (Lipinski definition) is 7. The van der Waals surface area contributed by atoms with E-state index in [4.69, 9.17) is 5.84 Å². The maximum Gasteiger partial charge on any atom is 0.256 e. The van der Waals surface area contributed by atoms with Crippen molar-refractivity contribution >= 4 is 28.3 Å². The summed E-state index contributed by atoms with van der Waals surface area (Å²) in [5, 5.41) is 6.94. The molecule has 0 unspecified atom stereocenters. The van der Waals surface area contributed by atoms with E-state index in [-0.39, 0.29) is 5.91 Å². The van der Waals surface area contributed by atoms with Crippen LogP contribution >= 0.6 is 11.5 Å². The zero-order valence-corrected chi connectivity index (χ0v) is 10.5. The summed E-state index contributed by atoms with van der Waals surface area (Å²) >= 11 is 1.12. The lowest BCUT2D eigenvalue weighted by Crippen LogP contribution is -2.15. The van der Waals surface area contributed by atoms with Gasteiger partial charge in [-0.2, -0.15) is 0 Å². The number of aromatic nitrogens is 3. The minimum absolute atomic E-state index is 0.241. The van der Waals surface area contributed by atoms with Crippen molar-refractivity contribution in [3.8, 4) is 0 Å². The number of nitrogens with zero attached hydrogens (tertiary/aromatic N) is 3. The molecule has 0 aliphatic heterocycles. The first kappa shape index (κ1) is 12.4. The average Bonchev–Trinajstić information content (AvgIpc) is 2.90. The molecular weight excluding hydrogens is 252 g/mol. The number of rotatable bonds is 4. The molecule has 0 spiro atoms. The lowest BCUT2D eigenvalue weighted by Gasteiger charge is -2.07. The molecule has 94 valence electrons. The highest BCUT2D eigenvalue weighted by Crippen LogP contribution is 2.14. The number of nitrogens with one attached hydrogen (secondary N) is 2. The van der Waals surface area contributed by atoms with Crippen molar-refractivity contribution in [1.29, 1.82) is 0 Å². The van der Waals surface area contributed by atoms with E-state index in [9.17, 15) is 4.79 Å². The molecule has 0 aromatic carbocycles. The molecule has 0 saturated heterocycles. The van der Waals surface area contributed by atoms with Crippen LogP contribution in [0.15, 0.2) is 18.3 Å². The second-order valence-corrected chi connectivity index (χ2v) is 4.25. The Bertz CT molecular complexity index is 519. The molecule has 0 saturated carbocycles. The van der Waals surface area contributed by atoms with Crippen LogP contribution in [0.25, 0.3) is 0 Å². The minimum Gasteiger partial charge on any atom is -0.311 e. The van der Waals surface area contributed by atoms with Crippen LogP contribution < -0.4 is 16.6 Å². The molecule has 18 heavy (non-hydrogen) atoms. The molecule has 8 heteroatoms. The first-order chi connectivity index (χ1) is 8.72. The third kappa shape index (κ3) is 2.79. The summed E-state index contributed by atoms with van der Waals surface area (Å²) in [6.07, 6.45) is 2.21. The predicted molar refractivity (Wildman–Crippen MR) is 69.3 cm³/mol. The number of nitrogen functional groups attached to an aromatic ring is 1. The monoisotopic (exact) mass is 264 g/mol. The van der Waals surface area contributed by atoms with Crippen molar-refractivity contribution < 1.29 is 4.79 Å². The number of carbonyl (C=O) groups is 1. The van der Waals surface area contributed by atoms with Crippen LogP contribution in [0.3, 0.4) is 0 Å². The van der Waals surface area contributed by atoms with Crippen molar-refractivity contribution in [1.82, 2.24) is 14.6 Å². The van der Waals surface area contributed by atoms with Gasteiger partial charge in [-0.05, 0) is 18.6 Å². The molecule has 2 aromatic heterocycles. The Balaban J connectivity index is 2.23. The van der Waals surface area contributed by atoms with E-state index >= 15 is 0 Å². The van der Waals surface area contributed by atoms with E-state index in [1.807, 2.05) is 6.92 Å². The molecule has 0 atom stereocenters. The third-order valence-electron chi connectivity index (χ3n) is 2.25. The number of pyridine rings is 1. The van der Waals surface area contributed by atoms with Crippen molar-refractivity contribution in [3.05, 3.63) is 29.6 Å². The van der Waals surface area contributed by atoms with Gasteiger partial charge in [0.1, 0.15) is 10.8 Å². The summed E-state index contributed by atoms with van der Waals surface area (Å²) in [4.78, 5) is 16.2. The Kier molecular flexibility index (Phi) is 3.80. The average molecular weight is 264 g/mol. The Hall–Kier alpha value is -2.06. The Morgan fingerprint density at radius 3 is 2.94 bits per heavy atom. The van der Waals surface area contributed by atoms with Gasteiger partial charge in [-0.25, -0.2) is 10.8 Å². The first-order valence-electron chi connectivity index (χ1n) is 5.29. The zero-order chi connectivity index (χ0) is 13.0. The highest BCUT2D eigenvalue weighted by molar-refractivity contribution is 7.10. The number of aryl methyl sites for hydroxylation is 1. The maximum absolute atomic E-state index is 12.0. The molecule has 0 bridgehead atoms. The molecule has 2 heterocycles. The summed E-state index contributed by atoms with van der Waals surface area (Å²) in [7, 11) is 0. The van der Waals surface area contributed by atoms with Crippen molar-refractivity contribution in [2.45, 2.75) is 13.3 Å².